The molecule has 0 bridgehead atoms. The van der Waals surface area contributed by atoms with Crippen LogP contribution in [0.1, 0.15) is 31.1 Å². The highest BCUT2D eigenvalue weighted by atomic mass is 16.7. The Hall–Kier alpha value is -1.37. The summed E-state index contributed by atoms with van der Waals surface area (Å²) < 4.78 is 11.2. The molecule has 0 spiro atoms. The highest BCUT2D eigenvalue weighted by Gasteiger charge is 2.33. The predicted molar refractivity (Wildman–Crippen MR) is 55.0 cm³/mol. The molecule has 0 radical (unpaired) electrons. The van der Waals surface area contributed by atoms with Gasteiger partial charge in [0, 0.05) is 0 Å². The monoisotopic (exact) mass is 203 g/mol. The van der Waals surface area contributed by atoms with E-state index in [0.717, 1.165) is 5.56 Å². The zero-order valence-electron chi connectivity index (χ0n) is 8.86. The molecule has 1 saturated heterocycles. The van der Waals surface area contributed by atoms with Gasteiger partial charge < -0.3 is 9.47 Å². The van der Waals surface area contributed by atoms with Gasteiger partial charge in [-0.2, -0.15) is 5.26 Å². The molecule has 0 saturated carbocycles. The molecular formula is C12H13NO2. The molecule has 0 aliphatic carbocycles. The molecule has 78 valence electrons. The lowest BCUT2D eigenvalue weighted by Gasteiger charge is -2.17. The second kappa shape index (κ2) is 3.65. The molecule has 1 aliphatic heterocycles. The Morgan fingerprint density at radius 2 is 2.27 bits per heavy atom. The van der Waals surface area contributed by atoms with E-state index in [1.165, 1.54) is 0 Å². The molecule has 1 aliphatic rings. The minimum Gasteiger partial charge on any atom is -0.347 e. The Morgan fingerprint density at radius 3 is 2.87 bits per heavy atom. The van der Waals surface area contributed by atoms with E-state index in [4.69, 9.17) is 14.7 Å². The van der Waals surface area contributed by atoms with Gasteiger partial charge in [-0.1, -0.05) is 12.1 Å². The van der Waals surface area contributed by atoms with Crippen molar-refractivity contribution < 1.29 is 9.47 Å². The zero-order valence-corrected chi connectivity index (χ0v) is 8.86. The first-order chi connectivity index (χ1) is 7.11. The first kappa shape index (κ1) is 10.2. The summed E-state index contributed by atoms with van der Waals surface area (Å²) in [6.07, 6.45) is -0.0618. The minimum absolute atomic E-state index is 0.0618. The van der Waals surface area contributed by atoms with Crippen molar-refractivity contribution in [3.05, 3.63) is 35.4 Å². The molecule has 3 heteroatoms. The van der Waals surface area contributed by atoms with E-state index in [0.29, 0.717) is 12.2 Å². The quantitative estimate of drug-likeness (QED) is 0.703. The van der Waals surface area contributed by atoms with Crippen molar-refractivity contribution in [1.82, 2.24) is 0 Å². The lowest BCUT2D eigenvalue weighted by molar-refractivity contribution is -0.139. The van der Waals surface area contributed by atoms with Crippen molar-refractivity contribution in [2.45, 2.75) is 25.7 Å². The number of nitrogens with zero attached hydrogens (tertiary/aromatic N) is 1. The van der Waals surface area contributed by atoms with Crippen LogP contribution in [0, 0.1) is 11.3 Å². The summed E-state index contributed by atoms with van der Waals surface area (Å²) in [7, 11) is 0. The fourth-order valence-electron chi connectivity index (χ4n) is 1.66. The molecule has 1 aromatic rings. The van der Waals surface area contributed by atoms with Gasteiger partial charge in [0.1, 0.15) is 6.10 Å². The van der Waals surface area contributed by atoms with Crippen molar-refractivity contribution in [3.8, 4) is 6.07 Å². The van der Waals surface area contributed by atoms with E-state index in [9.17, 15) is 0 Å². The van der Waals surface area contributed by atoms with E-state index >= 15 is 0 Å². The van der Waals surface area contributed by atoms with Crippen LogP contribution in [0.5, 0.6) is 0 Å². The standard InChI is InChI=1S/C12H13NO2/c1-12(2)14-8-11(15-12)10-5-3-4-9(6-10)7-13/h3-6,11H,8H2,1-2H3. The van der Waals surface area contributed by atoms with Crippen LogP contribution >= 0.6 is 0 Å². The van der Waals surface area contributed by atoms with Crippen LogP contribution in [0.25, 0.3) is 0 Å². The first-order valence-corrected chi connectivity index (χ1v) is 4.92. The average Bonchev–Trinajstić information content (AvgIpc) is 2.59. The molecule has 1 atom stereocenters. The van der Waals surface area contributed by atoms with Crippen LogP contribution in [-0.4, -0.2) is 12.4 Å². The first-order valence-electron chi connectivity index (χ1n) is 4.92. The van der Waals surface area contributed by atoms with Gasteiger partial charge in [0.15, 0.2) is 5.79 Å². The topological polar surface area (TPSA) is 42.2 Å². The van der Waals surface area contributed by atoms with Crippen LogP contribution < -0.4 is 0 Å². The van der Waals surface area contributed by atoms with Gasteiger partial charge in [-0.05, 0) is 31.5 Å². The molecule has 3 nitrogen and oxygen atoms in total. The van der Waals surface area contributed by atoms with Gasteiger partial charge in [0.25, 0.3) is 0 Å². The van der Waals surface area contributed by atoms with Gasteiger partial charge in [-0.3, -0.25) is 0 Å². The third-order valence-electron chi connectivity index (χ3n) is 2.40. The van der Waals surface area contributed by atoms with Gasteiger partial charge in [0.2, 0.25) is 0 Å². The maximum Gasteiger partial charge on any atom is 0.163 e. The molecule has 1 aromatic carbocycles. The summed E-state index contributed by atoms with van der Waals surface area (Å²) in [5, 5.41) is 8.79. The molecule has 0 amide bonds. The smallest absolute Gasteiger partial charge is 0.163 e. The van der Waals surface area contributed by atoms with Crippen LogP contribution in [0.3, 0.4) is 0 Å². The fourth-order valence-corrected chi connectivity index (χ4v) is 1.66. The van der Waals surface area contributed by atoms with E-state index < -0.39 is 5.79 Å². The predicted octanol–water partition coefficient (Wildman–Crippen LogP) is 2.38. The Balaban J connectivity index is 2.21. The van der Waals surface area contributed by atoms with Crippen LogP contribution in [0.2, 0.25) is 0 Å². The van der Waals surface area contributed by atoms with E-state index in [1.54, 1.807) is 6.07 Å². The molecule has 1 fully saturated rings. The number of benzene rings is 1. The van der Waals surface area contributed by atoms with Crippen molar-refractivity contribution >= 4 is 0 Å². The summed E-state index contributed by atoms with van der Waals surface area (Å²) in [5.41, 5.74) is 1.65. The third-order valence-corrected chi connectivity index (χ3v) is 2.40. The lowest BCUT2D eigenvalue weighted by Crippen LogP contribution is -2.19. The average molecular weight is 203 g/mol. The minimum atomic E-state index is -0.521. The fraction of sp³-hybridized carbons (Fsp3) is 0.417. The van der Waals surface area contributed by atoms with E-state index in [1.807, 2.05) is 32.0 Å². The third kappa shape index (κ3) is 2.17. The van der Waals surface area contributed by atoms with Gasteiger partial charge in [-0.25, -0.2) is 0 Å². The second-order valence-corrected chi connectivity index (χ2v) is 4.05. The molecule has 0 N–H and O–H groups in total. The SMILES string of the molecule is CC1(C)OCC(c2cccc(C#N)c2)O1. The Bertz CT molecular complexity index is 406. The highest BCUT2D eigenvalue weighted by Crippen LogP contribution is 2.32. The molecular weight excluding hydrogens is 190 g/mol. The van der Waals surface area contributed by atoms with Crippen molar-refractivity contribution in [3.63, 3.8) is 0 Å². The molecule has 1 heterocycles. The number of rotatable bonds is 1. The van der Waals surface area contributed by atoms with Crippen LogP contribution in [0.15, 0.2) is 24.3 Å². The lowest BCUT2D eigenvalue weighted by atomic mass is 10.1. The number of nitriles is 1. The van der Waals surface area contributed by atoms with E-state index in [2.05, 4.69) is 6.07 Å². The summed E-state index contributed by atoms with van der Waals surface area (Å²) in [5.74, 6) is -0.521. The maximum absolute atomic E-state index is 8.79. The number of hydrogen-bond acceptors (Lipinski definition) is 3. The molecule has 2 rings (SSSR count). The summed E-state index contributed by atoms with van der Waals surface area (Å²) >= 11 is 0. The van der Waals surface area contributed by atoms with Crippen LogP contribution in [0.4, 0.5) is 0 Å². The Kier molecular flexibility index (Phi) is 2.47. The summed E-state index contributed by atoms with van der Waals surface area (Å²) in [6, 6.07) is 9.56. The summed E-state index contributed by atoms with van der Waals surface area (Å²) in [4.78, 5) is 0. The Morgan fingerprint density at radius 1 is 1.47 bits per heavy atom. The second-order valence-electron chi connectivity index (χ2n) is 4.05. The van der Waals surface area contributed by atoms with Crippen molar-refractivity contribution in [2.75, 3.05) is 6.61 Å². The number of hydrogen-bond donors (Lipinski definition) is 0. The summed E-state index contributed by atoms with van der Waals surface area (Å²) in [6.45, 7) is 4.32. The van der Waals surface area contributed by atoms with Crippen molar-refractivity contribution in [2.24, 2.45) is 0 Å². The van der Waals surface area contributed by atoms with Gasteiger partial charge in [0.05, 0.1) is 18.2 Å². The van der Waals surface area contributed by atoms with Crippen LogP contribution in [-0.2, 0) is 9.47 Å². The molecule has 1 unspecified atom stereocenters. The Labute approximate surface area is 89.2 Å². The van der Waals surface area contributed by atoms with Crippen molar-refractivity contribution in [1.29, 1.82) is 5.26 Å². The van der Waals surface area contributed by atoms with E-state index in [-0.39, 0.29) is 6.10 Å². The molecule has 15 heavy (non-hydrogen) atoms. The van der Waals surface area contributed by atoms with Gasteiger partial charge in [-0.15, -0.1) is 0 Å². The largest absolute Gasteiger partial charge is 0.347 e. The maximum atomic E-state index is 8.79. The normalized spacial score (nSPS) is 23.7. The molecule has 0 aromatic heterocycles. The zero-order chi connectivity index (χ0) is 10.9. The number of ether oxygens (including phenoxy) is 2. The highest BCUT2D eigenvalue weighted by molar-refractivity contribution is 5.34. The van der Waals surface area contributed by atoms with Gasteiger partial charge >= 0.3 is 0 Å².